The van der Waals surface area contributed by atoms with Crippen LogP contribution in [0.25, 0.3) is 0 Å². The summed E-state index contributed by atoms with van der Waals surface area (Å²) in [4.78, 5) is 0. The summed E-state index contributed by atoms with van der Waals surface area (Å²) >= 11 is 0. The SMILES string of the molecule is CCCCC1(COCCCC[SiH](OCC)OCC)COC1. The van der Waals surface area contributed by atoms with Crippen molar-refractivity contribution >= 4 is 9.28 Å². The fraction of sp³-hybridized carbons (Fsp3) is 1.00. The zero-order valence-corrected chi connectivity index (χ0v) is 15.4. The molecule has 0 aromatic heterocycles. The van der Waals surface area contributed by atoms with Crippen molar-refractivity contribution in [3.8, 4) is 0 Å². The third kappa shape index (κ3) is 7.75. The molecule has 0 spiro atoms. The maximum absolute atomic E-state index is 5.89. The van der Waals surface area contributed by atoms with E-state index >= 15 is 0 Å². The van der Waals surface area contributed by atoms with Gasteiger partial charge in [0.25, 0.3) is 0 Å². The molecule has 1 fully saturated rings. The zero-order valence-electron chi connectivity index (χ0n) is 14.2. The number of rotatable bonds is 14. The van der Waals surface area contributed by atoms with E-state index in [4.69, 9.17) is 18.3 Å². The average molecular weight is 319 g/mol. The van der Waals surface area contributed by atoms with E-state index < -0.39 is 9.28 Å². The van der Waals surface area contributed by atoms with Gasteiger partial charge in [-0.1, -0.05) is 19.8 Å². The van der Waals surface area contributed by atoms with Crippen LogP contribution in [0.5, 0.6) is 0 Å². The second-order valence-electron chi connectivity index (χ2n) is 5.98. The first kappa shape index (κ1) is 19.1. The fourth-order valence-corrected chi connectivity index (χ4v) is 4.43. The van der Waals surface area contributed by atoms with E-state index in [2.05, 4.69) is 6.92 Å². The molecule has 1 heterocycles. The predicted octanol–water partition coefficient (Wildman–Crippen LogP) is 3.28. The highest BCUT2D eigenvalue weighted by molar-refractivity contribution is 6.44. The van der Waals surface area contributed by atoms with E-state index in [0.29, 0.717) is 5.41 Å². The lowest BCUT2D eigenvalue weighted by Gasteiger charge is -2.41. The summed E-state index contributed by atoms with van der Waals surface area (Å²) in [5.74, 6) is 0. The first-order valence-corrected chi connectivity index (χ1v) is 10.4. The molecule has 126 valence electrons. The summed E-state index contributed by atoms with van der Waals surface area (Å²) in [6.45, 7) is 11.4. The smallest absolute Gasteiger partial charge is 0.321 e. The lowest BCUT2D eigenvalue weighted by Crippen LogP contribution is -2.46. The summed E-state index contributed by atoms with van der Waals surface area (Å²) in [6, 6.07) is 1.09. The quantitative estimate of drug-likeness (QED) is 0.364. The molecule has 0 atom stereocenters. The molecule has 1 saturated heterocycles. The van der Waals surface area contributed by atoms with Crippen LogP contribution < -0.4 is 0 Å². The van der Waals surface area contributed by atoms with E-state index in [0.717, 1.165) is 58.5 Å². The molecule has 0 aromatic carbocycles. The molecule has 0 saturated carbocycles. The number of ether oxygens (including phenoxy) is 2. The Morgan fingerprint density at radius 1 is 1.00 bits per heavy atom. The third-order valence-electron chi connectivity index (χ3n) is 3.97. The summed E-state index contributed by atoms with van der Waals surface area (Å²) < 4.78 is 22.6. The highest BCUT2D eigenvalue weighted by Gasteiger charge is 2.37. The molecule has 0 aromatic rings. The van der Waals surface area contributed by atoms with Gasteiger partial charge >= 0.3 is 9.28 Å². The van der Waals surface area contributed by atoms with Crippen molar-refractivity contribution in [2.75, 3.05) is 39.6 Å². The molecule has 0 aliphatic carbocycles. The monoisotopic (exact) mass is 318 g/mol. The Bertz CT molecular complexity index is 240. The summed E-state index contributed by atoms with van der Waals surface area (Å²) in [5.41, 5.74) is 0.323. The molecule has 0 unspecified atom stereocenters. The van der Waals surface area contributed by atoms with Gasteiger partial charge < -0.3 is 18.3 Å². The first-order valence-electron chi connectivity index (χ1n) is 8.65. The van der Waals surface area contributed by atoms with Gasteiger partial charge in [0.2, 0.25) is 0 Å². The fourth-order valence-electron chi connectivity index (χ4n) is 2.63. The maximum atomic E-state index is 5.89. The molecular weight excluding hydrogens is 284 g/mol. The Balaban J connectivity index is 2.02. The second-order valence-corrected chi connectivity index (χ2v) is 8.09. The van der Waals surface area contributed by atoms with E-state index in [-0.39, 0.29) is 0 Å². The molecule has 0 amide bonds. The van der Waals surface area contributed by atoms with Crippen LogP contribution in [0.4, 0.5) is 0 Å². The van der Waals surface area contributed by atoms with Crippen molar-refractivity contribution in [3.05, 3.63) is 0 Å². The highest BCUT2D eigenvalue weighted by Crippen LogP contribution is 2.33. The lowest BCUT2D eigenvalue weighted by atomic mass is 9.82. The van der Waals surface area contributed by atoms with Gasteiger partial charge in [0, 0.05) is 25.2 Å². The zero-order chi connectivity index (χ0) is 15.4. The van der Waals surface area contributed by atoms with Crippen molar-refractivity contribution in [1.29, 1.82) is 0 Å². The normalized spacial score (nSPS) is 17.1. The molecule has 1 aliphatic rings. The van der Waals surface area contributed by atoms with Gasteiger partial charge in [-0.2, -0.15) is 0 Å². The van der Waals surface area contributed by atoms with Crippen LogP contribution in [0.1, 0.15) is 52.9 Å². The van der Waals surface area contributed by atoms with Crippen molar-refractivity contribution in [1.82, 2.24) is 0 Å². The summed E-state index contributed by atoms with van der Waals surface area (Å²) in [7, 11) is -1.40. The van der Waals surface area contributed by atoms with Crippen LogP contribution in [-0.2, 0) is 18.3 Å². The minimum absolute atomic E-state index is 0.323. The van der Waals surface area contributed by atoms with Gasteiger partial charge in [0.05, 0.1) is 19.8 Å². The number of unbranched alkanes of at least 4 members (excludes halogenated alkanes) is 2. The van der Waals surface area contributed by atoms with Gasteiger partial charge in [0.15, 0.2) is 0 Å². The molecule has 0 radical (unpaired) electrons. The van der Waals surface area contributed by atoms with Gasteiger partial charge in [-0.05, 0) is 39.2 Å². The molecule has 21 heavy (non-hydrogen) atoms. The topological polar surface area (TPSA) is 36.9 Å². The second kappa shape index (κ2) is 11.6. The average Bonchev–Trinajstić information content (AvgIpc) is 2.44. The van der Waals surface area contributed by atoms with Gasteiger partial charge in [0.1, 0.15) is 0 Å². The molecule has 1 rings (SSSR count). The van der Waals surface area contributed by atoms with Crippen LogP contribution in [0.2, 0.25) is 6.04 Å². The standard InChI is InChI=1S/C16H34O4Si/c1-4-7-10-16(14-18-15-16)13-17-11-8-9-12-21(19-5-2)20-6-3/h21H,4-15H2,1-3H3. The van der Waals surface area contributed by atoms with Gasteiger partial charge in [-0.15, -0.1) is 0 Å². The van der Waals surface area contributed by atoms with Crippen molar-refractivity contribution in [2.45, 2.75) is 58.9 Å². The molecular formula is C16H34O4Si. The van der Waals surface area contributed by atoms with Crippen LogP contribution in [0, 0.1) is 5.41 Å². The summed E-state index contributed by atoms with van der Waals surface area (Å²) in [6.07, 6.45) is 6.03. The number of hydrogen-bond acceptors (Lipinski definition) is 4. The van der Waals surface area contributed by atoms with Crippen molar-refractivity contribution < 1.29 is 18.3 Å². The molecule has 5 heteroatoms. The third-order valence-corrected chi connectivity index (χ3v) is 6.26. The minimum atomic E-state index is -1.40. The maximum Gasteiger partial charge on any atom is 0.321 e. The van der Waals surface area contributed by atoms with Crippen molar-refractivity contribution in [3.63, 3.8) is 0 Å². The molecule has 4 nitrogen and oxygen atoms in total. The Hall–Kier alpha value is 0.0569. The Morgan fingerprint density at radius 3 is 2.24 bits per heavy atom. The highest BCUT2D eigenvalue weighted by atomic mass is 28.3. The van der Waals surface area contributed by atoms with Gasteiger partial charge in [-0.25, -0.2) is 0 Å². The molecule has 0 bridgehead atoms. The van der Waals surface area contributed by atoms with Crippen LogP contribution in [0.15, 0.2) is 0 Å². The van der Waals surface area contributed by atoms with Crippen LogP contribution >= 0.6 is 0 Å². The Kier molecular flexibility index (Phi) is 10.6. The van der Waals surface area contributed by atoms with E-state index in [1.54, 1.807) is 0 Å². The Morgan fingerprint density at radius 2 is 1.71 bits per heavy atom. The van der Waals surface area contributed by atoms with Crippen LogP contribution in [-0.4, -0.2) is 48.9 Å². The Labute approximate surface area is 132 Å². The summed E-state index contributed by atoms with van der Waals surface area (Å²) in [5, 5.41) is 0. The van der Waals surface area contributed by atoms with Crippen LogP contribution in [0.3, 0.4) is 0 Å². The first-order chi connectivity index (χ1) is 10.3. The van der Waals surface area contributed by atoms with Crippen molar-refractivity contribution in [2.24, 2.45) is 5.41 Å². The predicted molar refractivity (Wildman–Crippen MR) is 88.0 cm³/mol. The van der Waals surface area contributed by atoms with Gasteiger partial charge in [-0.3, -0.25) is 0 Å². The minimum Gasteiger partial charge on any atom is -0.397 e. The lowest BCUT2D eigenvalue weighted by molar-refractivity contribution is -0.153. The van der Waals surface area contributed by atoms with E-state index in [1.807, 2.05) is 13.8 Å². The van der Waals surface area contributed by atoms with E-state index in [9.17, 15) is 0 Å². The van der Waals surface area contributed by atoms with E-state index in [1.165, 1.54) is 19.3 Å². The number of hydrogen-bond donors (Lipinski definition) is 0. The molecule has 0 N–H and O–H groups in total. The molecule has 1 aliphatic heterocycles. The largest absolute Gasteiger partial charge is 0.397 e.